The van der Waals surface area contributed by atoms with Gasteiger partial charge in [-0.2, -0.15) is 0 Å². The number of carbonyl (C=O) groups is 1. The van der Waals surface area contributed by atoms with Crippen molar-refractivity contribution >= 4 is 11.7 Å². The monoisotopic (exact) mass is 233 g/mol. The number of rotatable bonds is 2. The molecule has 2 atom stereocenters. The molecule has 0 bridgehead atoms. The molecule has 1 N–H and O–H groups in total. The summed E-state index contributed by atoms with van der Waals surface area (Å²) in [5, 5.41) is 12.8. The van der Waals surface area contributed by atoms with Gasteiger partial charge in [-0.25, -0.2) is 4.79 Å². The minimum atomic E-state index is -0.928. The fraction of sp³-hybridized carbons (Fsp3) is 0.333. The lowest BCUT2D eigenvalue weighted by molar-refractivity contribution is -0.106. The van der Waals surface area contributed by atoms with Gasteiger partial charge in [-0.3, -0.25) is 0 Å². The Morgan fingerprint density at radius 2 is 2.12 bits per heavy atom. The van der Waals surface area contributed by atoms with Gasteiger partial charge in [-0.15, -0.1) is 0 Å². The summed E-state index contributed by atoms with van der Waals surface area (Å²) in [6.07, 6.45) is 0.633. The van der Waals surface area contributed by atoms with Crippen LogP contribution < -0.4 is 0 Å². The summed E-state index contributed by atoms with van der Waals surface area (Å²) in [6.45, 7) is 0.682. The maximum absolute atomic E-state index is 10.7. The summed E-state index contributed by atoms with van der Waals surface area (Å²) < 4.78 is 5.36. The van der Waals surface area contributed by atoms with Gasteiger partial charge in [-0.05, 0) is 24.1 Å². The molecule has 5 nitrogen and oxygen atoms in total. The van der Waals surface area contributed by atoms with Gasteiger partial charge in [0.25, 0.3) is 0 Å². The molecule has 1 fully saturated rings. The standard InChI is InChI=1S/C12H11NO4/c14-11(15)8-3-1-7(2-4-8)10-9-5-6-16-12(9)17-13-10/h1-4,9,12H,5-6H2,(H,14,15). The Bertz CT molecular complexity index is 480. The predicted octanol–water partition coefficient (Wildman–Crippen LogP) is 1.48. The Hall–Kier alpha value is -1.88. The normalized spacial score (nSPS) is 26.2. The van der Waals surface area contributed by atoms with Gasteiger partial charge in [0.15, 0.2) is 0 Å². The minimum Gasteiger partial charge on any atom is -0.478 e. The fourth-order valence-corrected chi connectivity index (χ4v) is 2.16. The zero-order valence-corrected chi connectivity index (χ0v) is 9.00. The molecule has 0 spiro atoms. The number of aromatic carboxylic acids is 1. The number of fused-ring (bicyclic) bond motifs is 1. The number of carboxylic acid groups (broad SMARTS) is 1. The first kappa shape index (κ1) is 10.3. The highest BCUT2D eigenvalue weighted by Crippen LogP contribution is 2.31. The first-order valence-corrected chi connectivity index (χ1v) is 5.45. The second-order valence-corrected chi connectivity index (χ2v) is 4.10. The fourth-order valence-electron chi connectivity index (χ4n) is 2.16. The van der Waals surface area contributed by atoms with Crippen LogP contribution in [0.2, 0.25) is 0 Å². The average molecular weight is 233 g/mol. The van der Waals surface area contributed by atoms with E-state index in [0.29, 0.717) is 6.61 Å². The van der Waals surface area contributed by atoms with Gasteiger partial charge >= 0.3 is 5.97 Å². The number of hydrogen-bond donors (Lipinski definition) is 1. The van der Waals surface area contributed by atoms with Gasteiger partial charge in [0.2, 0.25) is 6.29 Å². The molecule has 2 aliphatic rings. The van der Waals surface area contributed by atoms with Crippen molar-refractivity contribution in [3.63, 3.8) is 0 Å². The molecule has 5 heteroatoms. The lowest BCUT2D eigenvalue weighted by atomic mass is 9.95. The number of hydrogen-bond acceptors (Lipinski definition) is 4. The molecule has 0 aromatic heterocycles. The van der Waals surface area contributed by atoms with Crippen molar-refractivity contribution in [2.45, 2.75) is 12.7 Å². The van der Waals surface area contributed by atoms with E-state index in [2.05, 4.69) is 5.16 Å². The van der Waals surface area contributed by atoms with Crippen molar-refractivity contribution in [3.05, 3.63) is 35.4 Å². The lowest BCUT2D eigenvalue weighted by Gasteiger charge is -2.07. The van der Waals surface area contributed by atoms with Crippen LogP contribution in [0.3, 0.4) is 0 Å². The summed E-state index contributed by atoms with van der Waals surface area (Å²) in [7, 11) is 0. The quantitative estimate of drug-likeness (QED) is 0.840. The topological polar surface area (TPSA) is 68.1 Å². The van der Waals surface area contributed by atoms with E-state index in [1.54, 1.807) is 24.3 Å². The molecule has 17 heavy (non-hydrogen) atoms. The third kappa shape index (κ3) is 1.68. The number of carboxylic acids is 1. The van der Waals surface area contributed by atoms with Crippen LogP contribution in [0.4, 0.5) is 0 Å². The van der Waals surface area contributed by atoms with Gasteiger partial charge in [0, 0.05) is 0 Å². The first-order chi connectivity index (χ1) is 8.25. The third-order valence-electron chi connectivity index (χ3n) is 3.07. The molecule has 2 aliphatic heterocycles. The van der Waals surface area contributed by atoms with Crippen LogP contribution in [0.25, 0.3) is 0 Å². The van der Waals surface area contributed by atoms with Gasteiger partial charge in [-0.1, -0.05) is 17.3 Å². The van der Waals surface area contributed by atoms with E-state index in [1.165, 1.54) is 0 Å². The summed E-state index contributed by atoms with van der Waals surface area (Å²) in [6, 6.07) is 6.66. The highest BCUT2D eigenvalue weighted by atomic mass is 16.8. The van der Waals surface area contributed by atoms with Crippen molar-refractivity contribution in [3.8, 4) is 0 Å². The van der Waals surface area contributed by atoms with Crippen LogP contribution in [-0.4, -0.2) is 29.7 Å². The van der Waals surface area contributed by atoms with Crippen LogP contribution in [0.15, 0.2) is 29.4 Å². The molecule has 3 rings (SSSR count). The smallest absolute Gasteiger partial charge is 0.335 e. The Labute approximate surface area is 97.6 Å². The molecular formula is C12H11NO4. The second kappa shape index (κ2) is 3.85. The number of nitrogens with zero attached hydrogens (tertiary/aromatic N) is 1. The van der Waals surface area contributed by atoms with Crippen molar-refractivity contribution < 1.29 is 19.5 Å². The SMILES string of the molecule is O=C(O)c1ccc(C2=NOC3OCCC23)cc1. The van der Waals surface area contributed by atoms with Crippen LogP contribution >= 0.6 is 0 Å². The van der Waals surface area contributed by atoms with Crippen molar-refractivity contribution in [1.29, 1.82) is 0 Å². The average Bonchev–Trinajstić information content (AvgIpc) is 2.90. The summed E-state index contributed by atoms with van der Waals surface area (Å²) >= 11 is 0. The Kier molecular flexibility index (Phi) is 2.33. The highest BCUT2D eigenvalue weighted by Gasteiger charge is 2.39. The van der Waals surface area contributed by atoms with E-state index in [0.717, 1.165) is 17.7 Å². The van der Waals surface area contributed by atoms with Crippen LogP contribution in [0, 0.1) is 5.92 Å². The largest absolute Gasteiger partial charge is 0.478 e. The van der Waals surface area contributed by atoms with E-state index in [4.69, 9.17) is 14.7 Å². The number of ether oxygens (including phenoxy) is 1. The van der Waals surface area contributed by atoms with E-state index in [1.807, 2.05) is 0 Å². The molecule has 1 aromatic rings. The van der Waals surface area contributed by atoms with Crippen molar-refractivity contribution in [2.75, 3.05) is 6.61 Å². The van der Waals surface area contributed by atoms with Crippen molar-refractivity contribution in [1.82, 2.24) is 0 Å². The van der Waals surface area contributed by atoms with Gasteiger partial charge in [0.05, 0.1) is 23.8 Å². The Morgan fingerprint density at radius 1 is 1.35 bits per heavy atom. The van der Waals surface area contributed by atoms with E-state index in [-0.39, 0.29) is 17.8 Å². The van der Waals surface area contributed by atoms with E-state index < -0.39 is 5.97 Å². The van der Waals surface area contributed by atoms with Gasteiger partial charge < -0.3 is 14.7 Å². The summed E-state index contributed by atoms with van der Waals surface area (Å²) in [5.41, 5.74) is 2.02. The van der Waals surface area contributed by atoms with Crippen LogP contribution in [0.1, 0.15) is 22.3 Å². The first-order valence-electron chi connectivity index (χ1n) is 5.45. The molecule has 1 saturated heterocycles. The van der Waals surface area contributed by atoms with Crippen LogP contribution in [-0.2, 0) is 9.57 Å². The molecule has 2 unspecified atom stereocenters. The summed E-state index contributed by atoms with van der Waals surface area (Å²) in [4.78, 5) is 15.9. The third-order valence-corrected chi connectivity index (χ3v) is 3.07. The number of benzene rings is 1. The van der Waals surface area contributed by atoms with Gasteiger partial charge in [0.1, 0.15) is 0 Å². The highest BCUT2D eigenvalue weighted by molar-refractivity contribution is 6.03. The maximum atomic E-state index is 10.7. The zero-order valence-electron chi connectivity index (χ0n) is 9.00. The molecule has 88 valence electrons. The number of oxime groups is 1. The molecule has 2 heterocycles. The molecule has 0 radical (unpaired) electrons. The molecular weight excluding hydrogens is 222 g/mol. The van der Waals surface area contributed by atoms with Crippen LogP contribution in [0.5, 0.6) is 0 Å². The molecule has 0 saturated carbocycles. The minimum absolute atomic E-state index is 0.172. The van der Waals surface area contributed by atoms with E-state index >= 15 is 0 Å². The molecule has 0 amide bonds. The molecule has 0 aliphatic carbocycles. The van der Waals surface area contributed by atoms with Crippen molar-refractivity contribution in [2.24, 2.45) is 11.1 Å². The molecule has 1 aromatic carbocycles. The second-order valence-electron chi connectivity index (χ2n) is 4.10. The lowest BCUT2D eigenvalue weighted by Crippen LogP contribution is -2.18. The van der Waals surface area contributed by atoms with E-state index in [9.17, 15) is 4.79 Å². The Balaban J connectivity index is 1.87. The zero-order chi connectivity index (χ0) is 11.8. The predicted molar refractivity (Wildman–Crippen MR) is 58.9 cm³/mol. The Morgan fingerprint density at radius 3 is 2.82 bits per heavy atom. The maximum Gasteiger partial charge on any atom is 0.335 e. The summed E-state index contributed by atoms with van der Waals surface area (Å²) in [5.74, 6) is -0.756.